The van der Waals surface area contributed by atoms with Gasteiger partial charge in [0.15, 0.2) is 0 Å². The molecule has 0 bridgehead atoms. The number of benzene rings is 3. The fourth-order valence-electron chi connectivity index (χ4n) is 5.29. The molecule has 9 heteroatoms. The molecule has 0 unspecified atom stereocenters. The molecule has 3 aromatic carbocycles. The normalized spacial score (nSPS) is 20.1. The molecule has 0 atom stereocenters. The Morgan fingerprint density at radius 3 is 2.03 bits per heavy atom. The molecule has 2 N–H and O–H groups in total. The number of ether oxygens (including phenoxy) is 1. The van der Waals surface area contributed by atoms with Crippen molar-refractivity contribution in [1.29, 1.82) is 0 Å². The lowest BCUT2D eigenvalue weighted by molar-refractivity contribution is -0.144. The zero-order valence-corrected chi connectivity index (χ0v) is 21.3. The highest BCUT2D eigenvalue weighted by Gasteiger charge is 2.42. The molecule has 4 rings (SSSR count). The lowest BCUT2D eigenvalue weighted by atomic mass is 9.68. The van der Waals surface area contributed by atoms with Crippen molar-refractivity contribution in [1.82, 2.24) is 5.32 Å². The van der Waals surface area contributed by atoms with E-state index in [4.69, 9.17) is 4.74 Å². The minimum atomic E-state index is -5.07. The first-order valence-electron chi connectivity index (χ1n) is 12.9. The first-order chi connectivity index (χ1) is 18.5. The van der Waals surface area contributed by atoms with Gasteiger partial charge in [-0.2, -0.15) is 26.3 Å². The molecule has 3 nitrogen and oxygen atoms in total. The summed E-state index contributed by atoms with van der Waals surface area (Å²) in [5.41, 5.74) is -1.78. The van der Waals surface area contributed by atoms with Gasteiger partial charge in [0.1, 0.15) is 5.75 Å². The molecular formula is C30H31F6NO2. The fraction of sp³-hybridized carbons (Fsp3) is 0.400. The molecule has 3 aromatic rings. The average Bonchev–Trinajstić information content (AvgIpc) is 2.91. The summed E-state index contributed by atoms with van der Waals surface area (Å²) in [6, 6.07) is 20.3. The fourth-order valence-corrected chi connectivity index (χ4v) is 5.29. The lowest BCUT2D eigenvalue weighted by Gasteiger charge is -2.41. The third-order valence-corrected chi connectivity index (χ3v) is 7.44. The van der Waals surface area contributed by atoms with Crippen LogP contribution in [0.2, 0.25) is 0 Å². The Morgan fingerprint density at radius 1 is 0.846 bits per heavy atom. The van der Waals surface area contributed by atoms with Crippen LogP contribution in [0.3, 0.4) is 0 Å². The molecule has 1 aliphatic carbocycles. The number of aliphatic hydroxyl groups excluding tert-OH is 1. The van der Waals surface area contributed by atoms with Crippen LogP contribution in [-0.2, 0) is 30.7 Å². The molecule has 0 amide bonds. The second-order valence-electron chi connectivity index (χ2n) is 10.1. The van der Waals surface area contributed by atoms with E-state index in [2.05, 4.69) is 5.32 Å². The van der Waals surface area contributed by atoms with E-state index in [0.717, 1.165) is 24.0 Å². The summed E-state index contributed by atoms with van der Waals surface area (Å²) in [7, 11) is 0. The Kier molecular flexibility index (Phi) is 8.91. The van der Waals surface area contributed by atoms with Gasteiger partial charge in [0.2, 0.25) is 0 Å². The molecule has 0 radical (unpaired) electrons. The summed E-state index contributed by atoms with van der Waals surface area (Å²) in [6.45, 7) is -0.0474. The summed E-state index contributed by atoms with van der Waals surface area (Å²) in [6.07, 6.45) is -7.67. The topological polar surface area (TPSA) is 41.5 Å². The Morgan fingerprint density at radius 2 is 1.46 bits per heavy atom. The van der Waals surface area contributed by atoms with Crippen LogP contribution in [-0.4, -0.2) is 24.4 Å². The molecule has 0 aromatic heterocycles. The van der Waals surface area contributed by atoms with Crippen molar-refractivity contribution >= 4 is 0 Å². The monoisotopic (exact) mass is 551 g/mol. The van der Waals surface area contributed by atoms with Gasteiger partial charge in [0.05, 0.1) is 17.7 Å². The van der Waals surface area contributed by atoms with Crippen molar-refractivity contribution < 1.29 is 36.2 Å². The molecule has 1 fully saturated rings. The first-order valence-corrected chi connectivity index (χ1v) is 12.9. The van der Waals surface area contributed by atoms with Crippen LogP contribution in [0, 0.1) is 0 Å². The SMILES string of the molecule is OCCc1cc(C(F)(F)F)cc(C(F)(F)F)c1OCC1(c2ccccc2)CCC(NCc2ccccc2)CC1. The van der Waals surface area contributed by atoms with E-state index in [-0.39, 0.29) is 24.3 Å². The molecule has 39 heavy (non-hydrogen) atoms. The van der Waals surface area contributed by atoms with Crippen LogP contribution in [0.5, 0.6) is 5.75 Å². The number of rotatable bonds is 9. The van der Waals surface area contributed by atoms with Crippen molar-refractivity contribution in [3.05, 3.63) is 101 Å². The Bertz CT molecular complexity index is 1200. The van der Waals surface area contributed by atoms with Gasteiger partial charge in [0.25, 0.3) is 0 Å². The summed E-state index contributed by atoms with van der Waals surface area (Å²) >= 11 is 0. The van der Waals surface area contributed by atoms with E-state index in [1.54, 1.807) is 0 Å². The van der Waals surface area contributed by atoms with Gasteiger partial charge in [-0.1, -0.05) is 60.7 Å². The quantitative estimate of drug-likeness (QED) is 0.274. The maximum Gasteiger partial charge on any atom is 0.419 e. The molecule has 1 saturated carbocycles. The highest BCUT2D eigenvalue weighted by molar-refractivity contribution is 5.48. The van der Waals surface area contributed by atoms with Crippen LogP contribution in [0.15, 0.2) is 72.8 Å². The molecular weight excluding hydrogens is 520 g/mol. The van der Waals surface area contributed by atoms with Crippen molar-refractivity contribution in [2.75, 3.05) is 13.2 Å². The van der Waals surface area contributed by atoms with E-state index in [1.807, 2.05) is 60.7 Å². The van der Waals surface area contributed by atoms with Crippen LogP contribution in [0.25, 0.3) is 0 Å². The van der Waals surface area contributed by atoms with Gasteiger partial charge in [-0.3, -0.25) is 0 Å². The van der Waals surface area contributed by atoms with Crippen LogP contribution >= 0.6 is 0 Å². The predicted octanol–water partition coefficient (Wildman–Crippen LogP) is 7.31. The standard InChI is InChI=1S/C30H31F6NO2/c31-29(32,33)24-17-22(13-16-38)27(26(18-24)30(34,35)36)39-20-28(23-9-5-2-6-10-23)14-11-25(12-15-28)37-19-21-7-3-1-4-8-21/h1-10,17-18,25,37-38H,11-16,19-20H2. The second-order valence-corrected chi connectivity index (χ2v) is 10.1. The van der Waals surface area contributed by atoms with Crippen molar-refractivity contribution in [3.63, 3.8) is 0 Å². The molecule has 0 aliphatic heterocycles. The van der Waals surface area contributed by atoms with Crippen molar-refractivity contribution in [3.8, 4) is 5.75 Å². The Hall–Kier alpha value is -3.04. The minimum absolute atomic E-state index is 0.0931. The maximum atomic E-state index is 14.0. The number of hydrogen-bond acceptors (Lipinski definition) is 3. The zero-order valence-electron chi connectivity index (χ0n) is 21.3. The number of aliphatic hydroxyl groups is 1. The Balaban J connectivity index is 1.60. The number of hydrogen-bond donors (Lipinski definition) is 2. The maximum absolute atomic E-state index is 14.0. The molecule has 0 spiro atoms. The van der Waals surface area contributed by atoms with E-state index in [0.29, 0.717) is 25.5 Å². The molecule has 1 aliphatic rings. The Labute approximate surface area is 223 Å². The summed E-state index contributed by atoms with van der Waals surface area (Å²) in [5.74, 6) is -0.649. The predicted molar refractivity (Wildman–Crippen MR) is 136 cm³/mol. The van der Waals surface area contributed by atoms with Gasteiger partial charge in [-0.05, 0) is 60.9 Å². The average molecular weight is 552 g/mol. The second kappa shape index (κ2) is 12.0. The van der Waals surface area contributed by atoms with Gasteiger partial charge >= 0.3 is 12.4 Å². The summed E-state index contributed by atoms with van der Waals surface area (Å²) in [5, 5.41) is 13.0. The van der Waals surface area contributed by atoms with Gasteiger partial charge in [-0.25, -0.2) is 0 Å². The summed E-state index contributed by atoms with van der Waals surface area (Å²) < 4.78 is 88.0. The van der Waals surface area contributed by atoms with Crippen molar-refractivity contribution in [2.45, 2.75) is 62.5 Å². The summed E-state index contributed by atoms with van der Waals surface area (Å²) in [4.78, 5) is 0. The lowest BCUT2D eigenvalue weighted by Crippen LogP contribution is -2.43. The highest BCUT2D eigenvalue weighted by Crippen LogP contribution is 2.45. The largest absolute Gasteiger partial charge is 0.492 e. The van der Waals surface area contributed by atoms with E-state index in [1.165, 1.54) is 0 Å². The van der Waals surface area contributed by atoms with Gasteiger partial charge in [-0.15, -0.1) is 0 Å². The van der Waals surface area contributed by atoms with Gasteiger partial charge < -0.3 is 15.2 Å². The molecule has 0 saturated heterocycles. The van der Waals surface area contributed by atoms with Crippen molar-refractivity contribution in [2.24, 2.45) is 0 Å². The van der Waals surface area contributed by atoms with E-state index >= 15 is 0 Å². The van der Waals surface area contributed by atoms with Crippen LogP contribution in [0.4, 0.5) is 26.3 Å². The van der Waals surface area contributed by atoms with Crippen LogP contribution in [0.1, 0.15) is 53.5 Å². The molecule has 0 heterocycles. The first kappa shape index (κ1) is 29.0. The third-order valence-electron chi connectivity index (χ3n) is 7.44. The zero-order chi connectivity index (χ0) is 28.1. The van der Waals surface area contributed by atoms with Crippen LogP contribution < -0.4 is 10.1 Å². The van der Waals surface area contributed by atoms with E-state index in [9.17, 15) is 31.4 Å². The number of alkyl halides is 6. The third kappa shape index (κ3) is 7.13. The highest BCUT2D eigenvalue weighted by atomic mass is 19.4. The van der Waals surface area contributed by atoms with E-state index < -0.39 is 47.7 Å². The number of nitrogens with one attached hydrogen (secondary N) is 1. The van der Waals surface area contributed by atoms with Gasteiger partial charge in [0, 0.05) is 24.6 Å². The molecule has 210 valence electrons. The smallest absolute Gasteiger partial charge is 0.419 e. The minimum Gasteiger partial charge on any atom is -0.492 e. The number of halogens is 6.